The molecule has 0 spiro atoms. The molecule has 0 saturated heterocycles. The summed E-state index contributed by atoms with van der Waals surface area (Å²) in [4.78, 5) is 2.25. The van der Waals surface area contributed by atoms with Gasteiger partial charge >= 0.3 is 0 Å². The van der Waals surface area contributed by atoms with Crippen molar-refractivity contribution in [3.63, 3.8) is 0 Å². The molecule has 96 valence electrons. The largest absolute Gasteiger partial charge is 0.495 e. The molecule has 3 nitrogen and oxygen atoms in total. The number of hydrogen-bond donors (Lipinski definition) is 1. The second-order valence-corrected chi connectivity index (χ2v) is 4.47. The van der Waals surface area contributed by atoms with Gasteiger partial charge in [0.1, 0.15) is 5.75 Å². The number of para-hydroxylation sites is 2. The van der Waals surface area contributed by atoms with Crippen LogP contribution in [0.25, 0.3) is 0 Å². The third kappa shape index (κ3) is 4.27. The van der Waals surface area contributed by atoms with Crippen molar-refractivity contribution in [2.24, 2.45) is 5.92 Å². The number of rotatable bonds is 7. The predicted molar refractivity (Wildman–Crippen MR) is 74.0 cm³/mol. The first kappa shape index (κ1) is 13.8. The number of benzene rings is 1. The first-order chi connectivity index (χ1) is 8.19. The van der Waals surface area contributed by atoms with Gasteiger partial charge < -0.3 is 15.0 Å². The van der Waals surface area contributed by atoms with E-state index in [0.717, 1.165) is 31.1 Å². The van der Waals surface area contributed by atoms with Crippen LogP contribution in [0.2, 0.25) is 0 Å². The van der Waals surface area contributed by atoms with Crippen LogP contribution in [-0.2, 0) is 0 Å². The summed E-state index contributed by atoms with van der Waals surface area (Å²) in [6.07, 6.45) is 0. The Bertz CT molecular complexity index is 328. The molecular formula is C14H24N2O. The maximum atomic E-state index is 5.37. The number of ether oxygens (including phenoxy) is 1. The Balaban J connectivity index is 2.59. The van der Waals surface area contributed by atoms with Crippen molar-refractivity contribution in [3.05, 3.63) is 24.3 Å². The third-order valence-corrected chi connectivity index (χ3v) is 2.82. The van der Waals surface area contributed by atoms with Crippen LogP contribution in [0.15, 0.2) is 24.3 Å². The highest BCUT2D eigenvalue weighted by atomic mass is 16.5. The molecular weight excluding hydrogens is 212 g/mol. The summed E-state index contributed by atoms with van der Waals surface area (Å²) in [7, 11) is 3.83. The van der Waals surface area contributed by atoms with Crippen molar-refractivity contribution in [1.29, 1.82) is 0 Å². The van der Waals surface area contributed by atoms with Gasteiger partial charge in [0.15, 0.2) is 0 Å². The van der Waals surface area contributed by atoms with Crippen LogP contribution in [-0.4, -0.2) is 33.8 Å². The summed E-state index contributed by atoms with van der Waals surface area (Å²) in [6.45, 7) is 7.50. The van der Waals surface area contributed by atoms with Crippen molar-refractivity contribution in [1.82, 2.24) is 5.32 Å². The second-order valence-electron chi connectivity index (χ2n) is 4.47. The first-order valence-electron chi connectivity index (χ1n) is 6.23. The zero-order valence-corrected chi connectivity index (χ0v) is 11.4. The lowest BCUT2D eigenvalue weighted by molar-refractivity contribution is 0.413. The van der Waals surface area contributed by atoms with Gasteiger partial charge in [-0.15, -0.1) is 0 Å². The van der Waals surface area contributed by atoms with E-state index in [2.05, 4.69) is 37.2 Å². The lowest BCUT2D eigenvalue weighted by Crippen LogP contribution is -2.31. The quantitative estimate of drug-likeness (QED) is 0.786. The van der Waals surface area contributed by atoms with Gasteiger partial charge in [0.2, 0.25) is 0 Å². The number of nitrogens with one attached hydrogen (secondary N) is 1. The van der Waals surface area contributed by atoms with Crippen molar-refractivity contribution >= 4 is 5.69 Å². The van der Waals surface area contributed by atoms with Crippen LogP contribution in [0.1, 0.15) is 13.8 Å². The number of hydrogen-bond acceptors (Lipinski definition) is 3. The Hall–Kier alpha value is -1.22. The topological polar surface area (TPSA) is 24.5 Å². The standard InChI is InChI=1S/C14H24N2O/c1-5-15-10-12(2)11-16(3)13-8-6-7-9-14(13)17-4/h6-9,12,15H,5,10-11H2,1-4H3. The molecule has 0 bridgehead atoms. The van der Waals surface area contributed by atoms with Crippen molar-refractivity contribution in [2.45, 2.75) is 13.8 Å². The van der Waals surface area contributed by atoms with Gasteiger partial charge in [-0.1, -0.05) is 26.0 Å². The summed E-state index contributed by atoms with van der Waals surface area (Å²) in [5.74, 6) is 1.55. The smallest absolute Gasteiger partial charge is 0.142 e. The molecule has 1 atom stereocenters. The fraction of sp³-hybridized carbons (Fsp3) is 0.571. The molecule has 0 fully saturated rings. The molecule has 1 N–H and O–H groups in total. The van der Waals surface area contributed by atoms with Gasteiger partial charge in [-0.05, 0) is 31.1 Å². The summed E-state index contributed by atoms with van der Waals surface area (Å²) in [5, 5.41) is 3.38. The summed E-state index contributed by atoms with van der Waals surface area (Å²) < 4.78 is 5.37. The zero-order chi connectivity index (χ0) is 12.7. The van der Waals surface area contributed by atoms with E-state index in [1.54, 1.807) is 7.11 Å². The van der Waals surface area contributed by atoms with E-state index in [4.69, 9.17) is 4.74 Å². The van der Waals surface area contributed by atoms with Crippen molar-refractivity contribution in [3.8, 4) is 5.75 Å². The molecule has 0 heterocycles. The Kier molecular flexibility index (Phi) is 5.84. The van der Waals surface area contributed by atoms with E-state index < -0.39 is 0 Å². The zero-order valence-electron chi connectivity index (χ0n) is 11.4. The summed E-state index contributed by atoms with van der Waals surface area (Å²) in [6, 6.07) is 8.14. The van der Waals surface area contributed by atoms with Crippen LogP contribution in [0.3, 0.4) is 0 Å². The van der Waals surface area contributed by atoms with E-state index in [1.807, 2.05) is 18.2 Å². The Morgan fingerprint density at radius 1 is 1.35 bits per heavy atom. The van der Waals surface area contributed by atoms with Gasteiger partial charge in [0.25, 0.3) is 0 Å². The molecule has 17 heavy (non-hydrogen) atoms. The molecule has 3 heteroatoms. The second kappa shape index (κ2) is 7.17. The highest BCUT2D eigenvalue weighted by Gasteiger charge is 2.10. The Labute approximate surface area is 105 Å². The molecule has 0 aliphatic carbocycles. The summed E-state index contributed by atoms with van der Waals surface area (Å²) in [5.41, 5.74) is 1.15. The maximum absolute atomic E-state index is 5.37. The molecule has 0 saturated carbocycles. The van der Waals surface area contributed by atoms with E-state index in [0.29, 0.717) is 5.92 Å². The highest BCUT2D eigenvalue weighted by Crippen LogP contribution is 2.26. The minimum atomic E-state index is 0.616. The molecule has 0 aliphatic heterocycles. The number of methoxy groups -OCH3 is 1. The lowest BCUT2D eigenvalue weighted by Gasteiger charge is -2.25. The van der Waals surface area contributed by atoms with E-state index in [1.165, 1.54) is 0 Å². The van der Waals surface area contributed by atoms with Crippen molar-refractivity contribution in [2.75, 3.05) is 38.7 Å². The van der Waals surface area contributed by atoms with Crippen molar-refractivity contribution < 1.29 is 4.74 Å². The van der Waals surface area contributed by atoms with Crippen LogP contribution in [0, 0.1) is 5.92 Å². The first-order valence-corrected chi connectivity index (χ1v) is 6.23. The SMILES string of the molecule is CCNCC(C)CN(C)c1ccccc1OC. The van der Waals surface area contributed by atoms with E-state index >= 15 is 0 Å². The minimum absolute atomic E-state index is 0.616. The van der Waals surface area contributed by atoms with E-state index in [-0.39, 0.29) is 0 Å². The molecule has 1 aromatic carbocycles. The molecule has 0 aromatic heterocycles. The lowest BCUT2D eigenvalue weighted by atomic mass is 10.1. The van der Waals surface area contributed by atoms with Crippen LogP contribution < -0.4 is 15.0 Å². The highest BCUT2D eigenvalue weighted by molar-refractivity contribution is 5.57. The Morgan fingerprint density at radius 3 is 2.71 bits per heavy atom. The van der Waals surface area contributed by atoms with Gasteiger partial charge in [-0.2, -0.15) is 0 Å². The van der Waals surface area contributed by atoms with Crippen LogP contribution in [0.5, 0.6) is 5.75 Å². The monoisotopic (exact) mass is 236 g/mol. The summed E-state index contributed by atoms with van der Waals surface area (Å²) >= 11 is 0. The fourth-order valence-electron chi connectivity index (χ4n) is 1.97. The Morgan fingerprint density at radius 2 is 2.06 bits per heavy atom. The van der Waals surface area contributed by atoms with Gasteiger partial charge in [0, 0.05) is 13.6 Å². The van der Waals surface area contributed by atoms with E-state index in [9.17, 15) is 0 Å². The molecule has 1 unspecified atom stereocenters. The van der Waals surface area contributed by atoms with Gasteiger partial charge in [-0.25, -0.2) is 0 Å². The average molecular weight is 236 g/mol. The predicted octanol–water partition coefficient (Wildman–Crippen LogP) is 2.38. The number of anilines is 1. The van der Waals surface area contributed by atoms with Crippen LogP contribution >= 0.6 is 0 Å². The van der Waals surface area contributed by atoms with Crippen LogP contribution in [0.4, 0.5) is 5.69 Å². The molecule has 1 aromatic rings. The molecule has 0 aliphatic rings. The molecule has 0 radical (unpaired) electrons. The molecule has 1 rings (SSSR count). The minimum Gasteiger partial charge on any atom is -0.495 e. The van der Waals surface area contributed by atoms with Gasteiger partial charge in [0.05, 0.1) is 12.8 Å². The average Bonchev–Trinajstić information content (AvgIpc) is 2.36. The fourth-order valence-corrected chi connectivity index (χ4v) is 1.97. The number of nitrogens with zero attached hydrogens (tertiary/aromatic N) is 1. The third-order valence-electron chi connectivity index (χ3n) is 2.82. The maximum Gasteiger partial charge on any atom is 0.142 e. The van der Waals surface area contributed by atoms with Gasteiger partial charge in [-0.3, -0.25) is 0 Å². The normalized spacial score (nSPS) is 12.2. The molecule has 0 amide bonds.